The van der Waals surface area contributed by atoms with Crippen LogP contribution in [0, 0.1) is 13.8 Å². The van der Waals surface area contributed by atoms with E-state index in [-0.39, 0.29) is 18.4 Å². The number of nitrogens with one attached hydrogen (secondary N) is 1. The number of rotatable bonds is 4. The van der Waals surface area contributed by atoms with Crippen molar-refractivity contribution in [2.75, 3.05) is 16.8 Å². The zero-order valence-corrected chi connectivity index (χ0v) is 15.2. The number of halogens is 2. The van der Waals surface area contributed by atoms with Crippen LogP contribution in [0.3, 0.4) is 0 Å². The molecule has 0 aliphatic heterocycles. The third kappa shape index (κ3) is 4.49. The maximum Gasteiger partial charge on any atom is 0.244 e. The molecule has 0 unspecified atom stereocenters. The van der Waals surface area contributed by atoms with Crippen LogP contribution in [0.15, 0.2) is 36.4 Å². The van der Waals surface area contributed by atoms with Gasteiger partial charge in [-0.3, -0.25) is 9.59 Å². The maximum atomic E-state index is 12.3. The third-order valence-electron chi connectivity index (χ3n) is 3.54. The summed E-state index contributed by atoms with van der Waals surface area (Å²) >= 11 is 11.9. The minimum Gasteiger partial charge on any atom is -0.323 e. The normalized spacial score (nSPS) is 10.4. The van der Waals surface area contributed by atoms with Crippen molar-refractivity contribution in [1.29, 1.82) is 0 Å². The molecule has 126 valence electrons. The number of carbonyl (C=O) groups excluding carboxylic acids is 2. The Bertz CT molecular complexity index is 791. The molecule has 0 aliphatic carbocycles. The summed E-state index contributed by atoms with van der Waals surface area (Å²) in [5.74, 6) is -0.545. The molecule has 0 aliphatic rings. The van der Waals surface area contributed by atoms with Gasteiger partial charge in [-0.25, -0.2) is 0 Å². The molecule has 2 rings (SSSR count). The van der Waals surface area contributed by atoms with Gasteiger partial charge >= 0.3 is 0 Å². The van der Waals surface area contributed by atoms with Crippen molar-refractivity contribution in [3.05, 3.63) is 57.6 Å². The van der Waals surface area contributed by atoms with Gasteiger partial charge in [0.2, 0.25) is 11.8 Å². The van der Waals surface area contributed by atoms with E-state index in [0.29, 0.717) is 15.7 Å². The van der Waals surface area contributed by atoms with Crippen LogP contribution in [-0.2, 0) is 9.59 Å². The van der Waals surface area contributed by atoms with Crippen LogP contribution in [0.2, 0.25) is 10.0 Å². The molecule has 0 atom stereocenters. The van der Waals surface area contributed by atoms with Crippen LogP contribution in [0.25, 0.3) is 0 Å². The molecule has 2 aromatic rings. The van der Waals surface area contributed by atoms with Crippen molar-refractivity contribution in [3.8, 4) is 0 Å². The van der Waals surface area contributed by atoms with E-state index >= 15 is 0 Å². The molecule has 0 bridgehead atoms. The largest absolute Gasteiger partial charge is 0.323 e. The van der Waals surface area contributed by atoms with Crippen molar-refractivity contribution in [3.63, 3.8) is 0 Å². The Balaban J connectivity index is 2.20. The van der Waals surface area contributed by atoms with Crippen molar-refractivity contribution >= 4 is 46.4 Å². The fourth-order valence-corrected chi connectivity index (χ4v) is 2.76. The van der Waals surface area contributed by atoms with Crippen LogP contribution < -0.4 is 10.2 Å². The Morgan fingerprint density at radius 1 is 1.08 bits per heavy atom. The van der Waals surface area contributed by atoms with Gasteiger partial charge in [-0.05, 0) is 49.2 Å². The molecule has 0 fully saturated rings. The molecule has 1 N–H and O–H groups in total. The summed E-state index contributed by atoms with van der Waals surface area (Å²) in [5, 5.41) is 3.53. The molecular weight excluding hydrogens is 347 g/mol. The Labute approximate surface area is 151 Å². The Morgan fingerprint density at radius 3 is 2.42 bits per heavy atom. The van der Waals surface area contributed by atoms with Gasteiger partial charge in [0.1, 0.15) is 6.54 Å². The summed E-state index contributed by atoms with van der Waals surface area (Å²) in [5.41, 5.74) is 3.12. The first kappa shape index (κ1) is 18.3. The van der Waals surface area contributed by atoms with Gasteiger partial charge in [0, 0.05) is 17.6 Å². The summed E-state index contributed by atoms with van der Waals surface area (Å²) in [6, 6.07) is 10.6. The van der Waals surface area contributed by atoms with Crippen LogP contribution in [0.1, 0.15) is 18.1 Å². The molecule has 0 saturated heterocycles. The Hall–Kier alpha value is -2.04. The number of aryl methyl sites for hydroxylation is 2. The SMILES string of the molecule is CC(=O)N(CC(=O)Nc1ccc(Cl)cc1Cl)c1cc(C)ccc1C. The van der Waals surface area contributed by atoms with Gasteiger partial charge in [0.15, 0.2) is 0 Å². The van der Waals surface area contributed by atoms with E-state index in [1.54, 1.807) is 18.2 Å². The van der Waals surface area contributed by atoms with Crippen LogP contribution in [-0.4, -0.2) is 18.4 Å². The Morgan fingerprint density at radius 2 is 1.79 bits per heavy atom. The smallest absolute Gasteiger partial charge is 0.244 e. The minimum absolute atomic E-state index is 0.0986. The highest BCUT2D eigenvalue weighted by Crippen LogP contribution is 2.26. The first-order valence-corrected chi connectivity index (χ1v) is 8.14. The molecule has 2 aromatic carbocycles. The fourth-order valence-electron chi connectivity index (χ4n) is 2.30. The predicted octanol–water partition coefficient (Wildman–Crippen LogP) is 4.60. The number of benzene rings is 2. The maximum absolute atomic E-state index is 12.3. The van der Waals surface area contributed by atoms with Crippen molar-refractivity contribution in [1.82, 2.24) is 0 Å². The second-order valence-corrected chi connectivity index (χ2v) is 6.41. The average Bonchev–Trinajstić information content (AvgIpc) is 2.50. The zero-order chi connectivity index (χ0) is 17.9. The highest BCUT2D eigenvalue weighted by atomic mass is 35.5. The number of anilines is 2. The summed E-state index contributed by atoms with van der Waals surface area (Å²) in [6.07, 6.45) is 0. The fraction of sp³-hybridized carbons (Fsp3) is 0.222. The highest BCUT2D eigenvalue weighted by molar-refractivity contribution is 6.36. The molecule has 6 heteroatoms. The number of nitrogens with zero attached hydrogens (tertiary/aromatic N) is 1. The molecule has 2 amide bonds. The third-order valence-corrected chi connectivity index (χ3v) is 4.09. The van der Waals surface area contributed by atoms with Gasteiger partial charge in [-0.2, -0.15) is 0 Å². The topological polar surface area (TPSA) is 49.4 Å². The lowest BCUT2D eigenvalue weighted by atomic mass is 10.1. The summed E-state index contributed by atoms with van der Waals surface area (Å²) < 4.78 is 0. The summed E-state index contributed by atoms with van der Waals surface area (Å²) in [6.45, 7) is 5.18. The van der Waals surface area contributed by atoms with E-state index in [4.69, 9.17) is 23.2 Å². The first-order chi connectivity index (χ1) is 11.3. The van der Waals surface area contributed by atoms with E-state index in [1.165, 1.54) is 11.8 Å². The second kappa shape index (κ2) is 7.69. The average molecular weight is 365 g/mol. The number of hydrogen-bond donors (Lipinski definition) is 1. The quantitative estimate of drug-likeness (QED) is 0.861. The minimum atomic E-state index is -0.338. The molecule has 24 heavy (non-hydrogen) atoms. The van der Waals surface area contributed by atoms with Crippen LogP contribution in [0.4, 0.5) is 11.4 Å². The van der Waals surface area contributed by atoms with E-state index < -0.39 is 0 Å². The van der Waals surface area contributed by atoms with E-state index in [0.717, 1.165) is 16.8 Å². The molecule has 0 saturated carbocycles. The van der Waals surface area contributed by atoms with Crippen LogP contribution in [0.5, 0.6) is 0 Å². The van der Waals surface area contributed by atoms with Crippen LogP contribution >= 0.6 is 23.2 Å². The molecule has 0 spiro atoms. The number of amides is 2. The van der Waals surface area contributed by atoms with Gasteiger partial charge in [0.05, 0.1) is 10.7 Å². The van der Waals surface area contributed by atoms with Gasteiger partial charge in [0.25, 0.3) is 0 Å². The van der Waals surface area contributed by atoms with E-state index in [1.807, 2.05) is 32.0 Å². The summed E-state index contributed by atoms with van der Waals surface area (Å²) in [7, 11) is 0. The lowest BCUT2D eigenvalue weighted by Gasteiger charge is -2.23. The van der Waals surface area contributed by atoms with E-state index in [2.05, 4.69) is 5.32 Å². The Kier molecular flexibility index (Phi) is 5.86. The molecule has 0 aromatic heterocycles. The van der Waals surface area contributed by atoms with Crippen molar-refractivity contribution in [2.24, 2.45) is 0 Å². The molecular formula is C18H18Cl2N2O2. The van der Waals surface area contributed by atoms with Gasteiger partial charge < -0.3 is 10.2 Å². The standard InChI is InChI=1S/C18H18Cl2N2O2/c1-11-4-5-12(2)17(8-11)22(13(3)23)10-18(24)21-16-7-6-14(19)9-15(16)20/h4-9H,10H2,1-3H3,(H,21,24). The molecule has 0 heterocycles. The highest BCUT2D eigenvalue weighted by Gasteiger charge is 2.18. The van der Waals surface area contributed by atoms with E-state index in [9.17, 15) is 9.59 Å². The number of carbonyl (C=O) groups is 2. The predicted molar refractivity (Wildman–Crippen MR) is 99.0 cm³/mol. The second-order valence-electron chi connectivity index (χ2n) is 5.57. The van der Waals surface area contributed by atoms with Gasteiger partial charge in [-0.15, -0.1) is 0 Å². The number of hydrogen-bond acceptors (Lipinski definition) is 2. The lowest BCUT2D eigenvalue weighted by molar-refractivity contribution is -0.120. The first-order valence-electron chi connectivity index (χ1n) is 7.38. The molecule has 4 nitrogen and oxygen atoms in total. The summed E-state index contributed by atoms with van der Waals surface area (Å²) in [4.78, 5) is 25.8. The lowest BCUT2D eigenvalue weighted by Crippen LogP contribution is -2.37. The molecule has 0 radical (unpaired) electrons. The zero-order valence-electron chi connectivity index (χ0n) is 13.7. The van der Waals surface area contributed by atoms with Crippen molar-refractivity contribution < 1.29 is 9.59 Å². The van der Waals surface area contributed by atoms with Crippen molar-refractivity contribution in [2.45, 2.75) is 20.8 Å². The monoisotopic (exact) mass is 364 g/mol. The van der Waals surface area contributed by atoms with Gasteiger partial charge in [-0.1, -0.05) is 35.3 Å².